The Kier molecular flexibility index (Phi) is 7.30. The lowest BCUT2D eigenvalue weighted by molar-refractivity contribution is -0.174. The van der Waals surface area contributed by atoms with Gasteiger partial charge in [0.1, 0.15) is 6.61 Å². The van der Waals surface area contributed by atoms with Crippen molar-refractivity contribution >= 4 is 12.4 Å². The third-order valence-corrected chi connectivity index (χ3v) is 2.56. The van der Waals surface area contributed by atoms with Gasteiger partial charge in [0.25, 0.3) is 0 Å². The lowest BCUT2D eigenvalue weighted by Gasteiger charge is -2.22. The van der Waals surface area contributed by atoms with Gasteiger partial charge in [-0.3, -0.25) is 4.90 Å². The Morgan fingerprint density at radius 1 is 1.38 bits per heavy atom. The first-order valence-electron chi connectivity index (χ1n) is 5.11. The first-order chi connectivity index (χ1) is 7.03. The van der Waals surface area contributed by atoms with Crippen molar-refractivity contribution in [3.63, 3.8) is 0 Å². The van der Waals surface area contributed by atoms with Crippen LogP contribution in [0, 0.1) is 0 Å². The van der Waals surface area contributed by atoms with E-state index in [4.69, 9.17) is 5.73 Å². The molecule has 1 aliphatic heterocycles. The van der Waals surface area contributed by atoms with E-state index in [1.165, 1.54) is 0 Å². The zero-order valence-electron chi connectivity index (χ0n) is 9.00. The summed E-state index contributed by atoms with van der Waals surface area (Å²) in [6.45, 7) is 0.985. The molecule has 1 fully saturated rings. The summed E-state index contributed by atoms with van der Waals surface area (Å²) in [6.07, 6.45) is -2.12. The largest absolute Gasteiger partial charge is 0.411 e. The highest BCUT2D eigenvalue weighted by atomic mass is 35.5. The Morgan fingerprint density at radius 2 is 2.06 bits per heavy atom. The molecule has 98 valence electrons. The van der Waals surface area contributed by atoms with Gasteiger partial charge < -0.3 is 10.5 Å². The molecule has 0 bridgehead atoms. The van der Waals surface area contributed by atoms with Crippen molar-refractivity contribution in [1.29, 1.82) is 0 Å². The standard InChI is InChI=1S/C9H17F3N2O.ClH/c10-9(11,12)7-15-5-4-14-3-1-2-8(14)6-13;/h8H,1-7,13H2;1H. The number of rotatable bonds is 5. The molecule has 0 aliphatic carbocycles. The molecule has 0 spiro atoms. The maximum atomic E-state index is 11.7. The van der Waals surface area contributed by atoms with Gasteiger partial charge in [0.05, 0.1) is 6.61 Å². The van der Waals surface area contributed by atoms with Gasteiger partial charge in [-0.05, 0) is 19.4 Å². The zero-order valence-corrected chi connectivity index (χ0v) is 9.82. The van der Waals surface area contributed by atoms with Crippen molar-refractivity contribution in [2.45, 2.75) is 25.1 Å². The summed E-state index contributed by atoms with van der Waals surface area (Å²) in [4.78, 5) is 2.09. The fraction of sp³-hybridized carbons (Fsp3) is 1.00. The molecular weight excluding hydrogens is 245 g/mol. The zero-order chi connectivity index (χ0) is 11.3. The third kappa shape index (κ3) is 5.89. The minimum atomic E-state index is -4.22. The Labute approximate surface area is 99.5 Å². The molecular formula is C9H18ClF3N2O. The van der Waals surface area contributed by atoms with E-state index in [0.29, 0.717) is 19.1 Å². The molecule has 3 nitrogen and oxygen atoms in total. The molecule has 1 rings (SSSR count). The van der Waals surface area contributed by atoms with Crippen LogP contribution in [0.1, 0.15) is 12.8 Å². The SMILES string of the molecule is Cl.NCC1CCCN1CCOCC(F)(F)F. The lowest BCUT2D eigenvalue weighted by atomic mass is 10.2. The molecule has 1 saturated heterocycles. The van der Waals surface area contributed by atoms with Crippen molar-refractivity contribution < 1.29 is 17.9 Å². The molecule has 2 N–H and O–H groups in total. The van der Waals surface area contributed by atoms with Gasteiger partial charge in [-0.1, -0.05) is 0 Å². The molecule has 1 aliphatic rings. The van der Waals surface area contributed by atoms with E-state index in [1.54, 1.807) is 0 Å². The summed E-state index contributed by atoms with van der Waals surface area (Å²) in [7, 11) is 0. The summed E-state index contributed by atoms with van der Waals surface area (Å²) in [5.41, 5.74) is 5.54. The minimum Gasteiger partial charge on any atom is -0.371 e. The number of alkyl halides is 3. The van der Waals surface area contributed by atoms with E-state index in [-0.39, 0.29) is 19.0 Å². The monoisotopic (exact) mass is 262 g/mol. The Balaban J connectivity index is 0.00000225. The van der Waals surface area contributed by atoms with Crippen molar-refractivity contribution in [3.05, 3.63) is 0 Å². The summed E-state index contributed by atoms with van der Waals surface area (Å²) in [6, 6.07) is 0.319. The maximum absolute atomic E-state index is 11.7. The molecule has 0 saturated carbocycles. The number of hydrogen-bond acceptors (Lipinski definition) is 3. The van der Waals surface area contributed by atoms with E-state index < -0.39 is 12.8 Å². The van der Waals surface area contributed by atoms with E-state index in [2.05, 4.69) is 9.64 Å². The molecule has 0 aromatic carbocycles. The van der Waals surface area contributed by atoms with Crippen LogP contribution < -0.4 is 5.73 Å². The van der Waals surface area contributed by atoms with Crippen LogP contribution in [-0.2, 0) is 4.74 Å². The predicted octanol–water partition coefficient (Wildman–Crippen LogP) is 1.41. The van der Waals surface area contributed by atoms with Crippen LogP contribution >= 0.6 is 12.4 Å². The van der Waals surface area contributed by atoms with Gasteiger partial charge in [-0.2, -0.15) is 13.2 Å². The van der Waals surface area contributed by atoms with E-state index >= 15 is 0 Å². The molecule has 1 heterocycles. The fourth-order valence-corrected chi connectivity index (χ4v) is 1.83. The number of hydrogen-bond donors (Lipinski definition) is 1. The number of nitrogens with zero attached hydrogens (tertiary/aromatic N) is 1. The number of likely N-dealkylation sites (tertiary alicyclic amines) is 1. The van der Waals surface area contributed by atoms with Crippen LogP contribution in [0.4, 0.5) is 13.2 Å². The van der Waals surface area contributed by atoms with Gasteiger partial charge in [0.2, 0.25) is 0 Å². The van der Waals surface area contributed by atoms with Gasteiger partial charge in [-0.25, -0.2) is 0 Å². The highest BCUT2D eigenvalue weighted by molar-refractivity contribution is 5.85. The normalized spacial score (nSPS) is 22.1. The molecule has 0 radical (unpaired) electrons. The maximum Gasteiger partial charge on any atom is 0.411 e. The second kappa shape index (κ2) is 7.32. The molecule has 16 heavy (non-hydrogen) atoms. The Bertz CT molecular complexity index is 192. The van der Waals surface area contributed by atoms with Crippen LogP contribution in [0.3, 0.4) is 0 Å². The second-order valence-electron chi connectivity index (χ2n) is 3.74. The first-order valence-corrected chi connectivity index (χ1v) is 5.11. The van der Waals surface area contributed by atoms with E-state index in [1.807, 2.05) is 0 Å². The first kappa shape index (κ1) is 16.0. The van der Waals surface area contributed by atoms with Gasteiger partial charge in [0.15, 0.2) is 0 Å². The van der Waals surface area contributed by atoms with E-state index in [9.17, 15) is 13.2 Å². The third-order valence-electron chi connectivity index (χ3n) is 2.56. The van der Waals surface area contributed by atoms with Crippen LogP contribution in [0.2, 0.25) is 0 Å². The molecule has 0 amide bonds. The van der Waals surface area contributed by atoms with Crippen LogP contribution in [0.5, 0.6) is 0 Å². The number of halogens is 4. The topological polar surface area (TPSA) is 38.5 Å². The molecule has 7 heteroatoms. The van der Waals surface area contributed by atoms with Crippen LogP contribution in [0.15, 0.2) is 0 Å². The van der Waals surface area contributed by atoms with Crippen molar-refractivity contribution in [2.75, 3.05) is 32.8 Å². The molecule has 1 atom stereocenters. The highest BCUT2D eigenvalue weighted by Crippen LogP contribution is 2.16. The molecule has 1 unspecified atom stereocenters. The fourth-order valence-electron chi connectivity index (χ4n) is 1.83. The number of ether oxygens (including phenoxy) is 1. The molecule has 0 aromatic rings. The summed E-state index contributed by atoms with van der Waals surface area (Å²) in [5.74, 6) is 0. The summed E-state index contributed by atoms with van der Waals surface area (Å²) >= 11 is 0. The predicted molar refractivity (Wildman–Crippen MR) is 57.8 cm³/mol. The van der Waals surface area contributed by atoms with Crippen LogP contribution in [0.25, 0.3) is 0 Å². The van der Waals surface area contributed by atoms with E-state index in [0.717, 1.165) is 19.4 Å². The quantitative estimate of drug-likeness (QED) is 0.762. The van der Waals surface area contributed by atoms with Crippen LogP contribution in [-0.4, -0.2) is 50.0 Å². The molecule has 0 aromatic heterocycles. The average molecular weight is 263 g/mol. The summed E-state index contributed by atoms with van der Waals surface area (Å²) in [5, 5.41) is 0. The highest BCUT2D eigenvalue weighted by Gasteiger charge is 2.28. The Morgan fingerprint density at radius 3 is 2.62 bits per heavy atom. The van der Waals surface area contributed by atoms with Crippen molar-refractivity contribution in [1.82, 2.24) is 4.90 Å². The average Bonchev–Trinajstić information content (AvgIpc) is 2.58. The summed E-state index contributed by atoms with van der Waals surface area (Å²) < 4.78 is 39.8. The smallest absolute Gasteiger partial charge is 0.371 e. The Hall–Kier alpha value is -0.0400. The lowest BCUT2D eigenvalue weighted by Crippen LogP contribution is -2.37. The number of nitrogens with two attached hydrogens (primary N) is 1. The minimum absolute atomic E-state index is 0. The second-order valence-corrected chi connectivity index (χ2v) is 3.74. The van der Waals surface area contributed by atoms with Gasteiger partial charge in [0, 0.05) is 19.1 Å². The van der Waals surface area contributed by atoms with Crippen molar-refractivity contribution in [3.8, 4) is 0 Å². The van der Waals surface area contributed by atoms with Gasteiger partial charge >= 0.3 is 6.18 Å². The van der Waals surface area contributed by atoms with Crippen molar-refractivity contribution in [2.24, 2.45) is 5.73 Å². The van der Waals surface area contributed by atoms with Gasteiger partial charge in [-0.15, -0.1) is 12.4 Å².